The van der Waals surface area contributed by atoms with E-state index in [1.54, 1.807) is 54.6 Å². The Morgan fingerprint density at radius 3 is 2.39 bits per heavy atom. The molecule has 0 radical (unpaired) electrons. The average molecular weight is 531 g/mol. The summed E-state index contributed by atoms with van der Waals surface area (Å²) in [5, 5.41) is 7.00. The fraction of sp³-hybridized carbons (Fsp3) is 0.125. The molecule has 0 atom stereocenters. The molecule has 0 aliphatic heterocycles. The monoisotopic (exact) mass is 529 g/mol. The van der Waals surface area contributed by atoms with Gasteiger partial charge in [0.1, 0.15) is 6.61 Å². The number of nitrogens with one attached hydrogen (secondary N) is 2. The molecule has 0 fully saturated rings. The predicted molar refractivity (Wildman–Crippen MR) is 132 cm³/mol. The third-order valence-electron chi connectivity index (χ3n) is 4.26. The van der Waals surface area contributed by atoms with E-state index in [0.717, 1.165) is 10.0 Å². The molecule has 0 aliphatic carbocycles. The van der Waals surface area contributed by atoms with Gasteiger partial charge in [0.05, 0.1) is 12.8 Å². The summed E-state index contributed by atoms with van der Waals surface area (Å²) in [6.07, 6.45) is 1.41. The summed E-state index contributed by atoms with van der Waals surface area (Å²) >= 11 is 9.22. The Balaban J connectivity index is 1.58. The highest BCUT2D eigenvalue weighted by molar-refractivity contribution is 9.10. The number of nitrogens with zero attached hydrogens (tertiary/aromatic N) is 1. The van der Waals surface area contributed by atoms with E-state index < -0.39 is 11.8 Å². The second-order valence-electron chi connectivity index (χ2n) is 6.71. The van der Waals surface area contributed by atoms with Gasteiger partial charge < -0.3 is 14.8 Å². The van der Waals surface area contributed by atoms with Gasteiger partial charge in [0, 0.05) is 15.2 Å². The Hall–Kier alpha value is -3.36. The first-order valence-corrected chi connectivity index (χ1v) is 11.2. The van der Waals surface area contributed by atoms with Gasteiger partial charge in [0.2, 0.25) is 0 Å². The second kappa shape index (κ2) is 12.0. The molecule has 9 heteroatoms. The van der Waals surface area contributed by atoms with Gasteiger partial charge in [-0.25, -0.2) is 5.43 Å². The highest BCUT2D eigenvalue weighted by Gasteiger charge is 2.13. The molecular weight excluding hydrogens is 510 g/mol. The van der Waals surface area contributed by atoms with Crippen molar-refractivity contribution in [2.75, 3.05) is 11.9 Å². The molecule has 0 unspecified atom stereocenters. The van der Waals surface area contributed by atoms with Gasteiger partial charge in [-0.2, -0.15) is 5.10 Å². The smallest absolute Gasteiger partial charge is 0.329 e. The molecule has 3 aromatic carbocycles. The summed E-state index contributed by atoms with van der Waals surface area (Å²) in [5.74, 6) is -0.603. The van der Waals surface area contributed by atoms with Crippen LogP contribution in [0.25, 0.3) is 0 Å². The number of rotatable bonds is 8. The summed E-state index contributed by atoms with van der Waals surface area (Å²) in [6, 6.07) is 19.5. The molecule has 0 aromatic heterocycles. The minimum absolute atomic E-state index is 0.355. The summed E-state index contributed by atoms with van der Waals surface area (Å²) in [4.78, 5) is 23.9. The largest absolute Gasteiger partial charge is 0.490 e. The SMILES string of the molecule is CCOc1cc(C=NNC(=O)C(=O)Nc2ccc(Br)cc2)ccc1OCc1ccc(Cl)cc1. The molecule has 7 nitrogen and oxygen atoms in total. The maximum atomic E-state index is 12.0. The summed E-state index contributed by atoms with van der Waals surface area (Å²) in [7, 11) is 0. The second-order valence-corrected chi connectivity index (χ2v) is 8.07. The molecule has 170 valence electrons. The lowest BCUT2D eigenvalue weighted by atomic mass is 10.2. The molecule has 0 spiro atoms. The Labute approximate surface area is 204 Å². The van der Waals surface area contributed by atoms with Crippen LogP contribution < -0.4 is 20.2 Å². The Morgan fingerprint density at radius 1 is 0.970 bits per heavy atom. The van der Waals surface area contributed by atoms with Crippen molar-refractivity contribution in [1.29, 1.82) is 0 Å². The van der Waals surface area contributed by atoms with Crippen molar-refractivity contribution >= 4 is 51.2 Å². The van der Waals surface area contributed by atoms with E-state index in [0.29, 0.717) is 41.0 Å². The van der Waals surface area contributed by atoms with Crippen molar-refractivity contribution in [3.8, 4) is 11.5 Å². The van der Waals surface area contributed by atoms with Crippen LogP contribution in [0.5, 0.6) is 11.5 Å². The first kappa shape index (κ1) is 24.3. The van der Waals surface area contributed by atoms with E-state index in [2.05, 4.69) is 31.8 Å². The van der Waals surface area contributed by atoms with Crippen LogP contribution in [0.3, 0.4) is 0 Å². The lowest BCUT2D eigenvalue weighted by Gasteiger charge is -2.12. The zero-order valence-electron chi connectivity index (χ0n) is 17.7. The van der Waals surface area contributed by atoms with Crippen LogP contribution in [0.15, 0.2) is 76.3 Å². The van der Waals surface area contributed by atoms with Crippen LogP contribution >= 0.6 is 27.5 Å². The number of carbonyl (C=O) groups excluding carboxylic acids is 2. The van der Waals surface area contributed by atoms with Crippen molar-refractivity contribution in [1.82, 2.24) is 5.43 Å². The van der Waals surface area contributed by atoms with Gasteiger partial charge in [-0.1, -0.05) is 39.7 Å². The first-order valence-electron chi connectivity index (χ1n) is 9.98. The van der Waals surface area contributed by atoms with E-state index in [1.165, 1.54) is 6.21 Å². The number of hydrogen-bond acceptors (Lipinski definition) is 5. The minimum Gasteiger partial charge on any atom is -0.490 e. The Bertz CT molecular complexity index is 1140. The van der Waals surface area contributed by atoms with Gasteiger partial charge >= 0.3 is 11.8 Å². The quantitative estimate of drug-likeness (QED) is 0.239. The highest BCUT2D eigenvalue weighted by Crippen LogP contribution is 2.29. The number of benzene rings is 3. The van der Waals surface area contributed by atoms with Crippen LogP contribution in [-0.4, -0.2) is 24.6 Å². The first-order chi connectivity index (χ1) is 15.9. The number of halogens is 2. The fourth-order valence-corrected chi connectivity index (χ4v) is 3.06. The topological polar surface area (TPSA) is 89.0 Å². The standard InChI is InChI=1S/C24H21BrClN3O4/c1-2-32-22-13-17(5-12-21(22)33-15-16-3-8-19(26)9-4-16)14-27-29-24(31)23(30)28-20-10-6-18(25)7-11-20/h3-14H,2,15H2,1H3,(H,28,30)(H,29,31). The van der Waals surface area contributed by atoms with Crippen molar-refractivity contribution in [3.63, 3.8) is 0 Å². The average Bonchev–Trinajstić information content (AvgIpc) is 2.81. The van der Waals surface area contributed by atoms with Gasteiger partial charge in [0.15, 0.2) is 11.5 Å². The fourth-order valence-electron chi connectivity index (χ4n) is 2.67. The molecule has 3 aromatic rings. The van der Waals surface area contributed by atoms with E-state index in [9.17, 15) is 9.59 Å². The van der Waals surface area contributed by atoms with Gasteiger partial charge in [-0.05, 0) is 72.6 Å². The van der Waals surface area contributed by atoms with Crippen molar-refractivity contribution in [2.45, 2.75) is 13.5 Å². The number of hydrogen-bond donors (Lipinski definition) is 2. The molecule has 0 heterocycles. The summed E-state index contributed by atoms with van der Waals surface area (Å²) in [6.45, 7) is 2.67. The normalized spacial score (nSPS) is 10.6. The van der Waals surface area contributed by atoms with Crippen LogP contribution in [0, 0.1) is 0 Å². The van der Waals surface area contributed by atoms with E-state index in [1.807, 2.05) is 19.1 Å². The van der Waals surface area contributed by atoms with Crippen molar-refractivity contribution < 1.29 is 19.1 Å². The summed E-state index contributed by atoms with van der Waals surface area (Å²) in [5.41, 5.74) is 4.33. The van der Waals surface area contributed by atoms with E-state index in [-0.39, 0.29) is 0 Å². The zero-order chi connectivity index (χ0) is 23.6. The van der Waals surface area contributed by atoms with Gasteiger partial charge in [0.25, 0.3) is 0 Å². The van der Waals surface area contributed by atoms with Crippen molar-refractivity contribution in [2.24, 2.45) is 5.10 Å². The van der Waals surface area contributed by atoms with Gasteiger partial charge in [-0.3, -0.25) is 9.59 Å². The van der Waals surface area contributed by atoms with E-state index in [4.69, 9.17) is 21.1 Å². The molecular formula is C24H21BrClN3O4. The highest BCUT2D eigenvalue weighted by atomic mass is 79.9. The third kappa shape index (κ3) is 7.62. The molecule has 0 bridgehead atoms. The Morgan fingerprint density at radius 2 is 1.70 bits per heavy atom. The Kier molecular flexibility index (Phi) is 8.86. The molecule has 2 amide bonds. The van der Waals surface area contributed by atoms with Crippen LogP contribution in [0.1, 0.15) is 18.1 Å². The maximum absolute atomic E-state index is 12.0. The minimum atomic E-state index is -0.887. The number of anilines is 1. The third-order valence-corrected chi connectivity index (χ3v) is 5.04. The summed E-state index contributed by atoms with van der Waals surface area (Å²) < 4.78 is 12.4. The van der Waals surface area contributed by atoms with Crippen LogP contribution in [0.4, 0.5) is 5.69 Å². The molecule has 3 rings (SSSR count). The zero-order valence-corrected chi connectivity index (χ0v) is 20.0. The number of carbonyl (C=O) groups is 2. The maximum Gasteiger partial charge on any atom is 0.329 e. The number of ether oxygens (including phenoxy) is 2. The lowest BCUT2D eigenvalue weighted by Crippen LogP contribution is -2.32. The molecule has 0 saturated heterocycles. The van der Waals surface area contributed by atoms with Crippen molar-refractivity contribution in [3.05, 3.63) is 87.4 Å². The molecule has 0 saturated carbocycles. The predicted octanol–water partition coefficient (Wildman–Crippen LogP) is 5.17. The van der Waals surface area contributed by atoms with Gasteiger partial charge in [-0.15, -0.1) is 0 Å². The van der Waals surface area contributed by atoms with Crippen LogP contribution in [-0.2, 0) is 16.2 Å². The number of hydrazone groups is 1. The molecule has 0 aliphatic rings. The molecule has 33 heavy (non-hydrogen) atoms. The number of amides is 2. The van der Waals surface area contributed by atoms with Crippen LogP contribution in [0.2, 0.25) is 5.02 Å². The lowest BCUT2D eigenvalue weighted by molar-refractivity contribution is -0.136. The van der Waals surface area contributed by atoms with E-state index >= 15 is 0 Å². The molecule has 2 N–H and O–H groups in total.